The molecule has 0 saturated heterocycles. The normalized spacial score (nSPS) is 11.5. The summed E-state index contributed by atoms with van der Waals surface area (Å²) in [7, 11) is 0. The number of nitrogens with one attached hydrogen (secondary N) is 1. The van der Waals surface area contributed by atoms with Gasteiger partial charge in [0.2, 0.25) is 0 Å². The number of rotatable bonds is 2. The van der Waals surface area contributed by atoms with Crippen LogP contribution in [0.3, 0.4) is 0 Å². The number of H-pyrrole nitrogens is 1. The molecular formula is C17H16N2. The summed E-state index contributed by atoms with van der Waals surface area (Å²) in [5.41, 5.74) is 5.83. The van der Waals surface area contributed by atoms with Gasteiger partial charge < -0.3 is 4.98 Å². The van der Waals surface area contributed by atoms with Gasteiger partial charge in [-0.2, -0.15) is 0 Å². The SMILES string of the molecule is CC=Cc1nc2c(C)c(-c3ccccc3)ccc2[nH]1. The van der Waals surface area contributed by atoms with Crippen molar-refractivity contribution in [3.63, 3.8) is 0 Å². The molecule has 0 aliphatic heterocycles. The van der Waals surface area contributed by atoms with Gasteiger partial charge in [-0.15, -0.1) is 0 Å². The zero-order valence-corrected chi connectivity index (χ0v) is 11.1. The van der Waals surface area contributed by atoms with Gasteiger partial charge in [-0.05, 0) is 42.7 Å². The summed E-state index contributed by atoms with van der Waals surface area (Å²) < 4.78 is 0. The Bertz CT molecular complexity index is 737. The second kappa shape index (κ2) is 4.73. The van der Waals surface area contributed by atoms with E-state index < -0.39 is 0 Å². The van der Waals surface area contributed by atoms with Crippen LogP contribution in [0, 0.1) is 6.92 Å². The molecule has 0 bridgehead atoms. The van der Waals surface area contributed by atoms with Crippen molar-refractivity contribution in [2.75, 3.05) is 0 Å². The number of aromatic amines is 1. The van der Waals surface area contributed by atoms with Crippen LogP contribution in [-0.4, -0.2) is 9.97 Å². The predicted octanol–water partition coefficient (Wildman–Crippen LogP) is 4.57. The number of imidazole rings is 1. The first-order chi connectivity index (χ1) is 9.29. The Morgan fingerprint density at radius 3 is 2.58 bits per heavy atom. The second-order valence-corrected chi connectivity index (χ2v) is 4.62. The van der Waals surface area contributed by atoms with Crippen LogP contribution < -0.4 is 0 Å². The lowest BCUT2D eigenvalue weighted by atomic mass is 9.99. The van der Waals surface area contributed by atoms with Gasteiger partial charge in [-0.25, -0.2) is 4.98 Å². The highest BCUT2D eigenvalue weighted by Gasteiger charge is 2.08. The third-order valence-corrected chi connectivity index (χ3v) is 3.34. The second-order valence-electron chi connectivity index (χ2n) is 4.62. The van der Waals surface area contributed by atoms with E-state index in [4.69, 9.17) is 0 Å². The first kappa shape index (κ1) is 11.7. The summed E-state index contributed by atoms with van der Waals surface area (Å²) >= 11 is 0. The number of aryl methyl sites for hydroxylation is 1. The van der Waals surface area contributed by atoms with Gasteiger partial charge in [0.15, 0.2) is 0 Å². The van der Waals surface area contributed by atoms with Crippen molar-refractivity contribution < 1.29 is 0 Å². The number of benzene rings is 2. The molecule has 0 atom stereocenters. The lowest BCUT2D eigenvalue weighted by molar-refractivity contribution is 1.28. The van der Waals surface area contributed by atoms with Crippen molar-refractivity contribution in [3.8, 4) is 11.1 Å². The minimum atomic E-state index is 0.908. The topological polar surface area (TPSA) is 28.7 Å². The zero-order chi connectivity index (χ0) is 13.2. The fraction of sp³-hybridized carbons (Fsp3) is 0.118. The Kier molecular flexibility index (Phi) is 2.92. The Labute approximate surface area is 112 Å². The van der Waals surface area contributed by atoms with Crippen LogP contribution in [0.4, 0.5) is 0 Å². The van der Waals surface area contributed by atoms with Crippen LogP contribution in [0.25, 0.3) is 28.2 Å². The molecular weight excluding hydrogens is 232 g/mol. The molecule has 0 fully saturated rings. The molecule has 19 heavy (non-hydrogen) atoms. The lowest BCUT2D eigenvalue weighted by Crippen LogP contribution is -1.85. The molecule has 0 saturated carbocycles. The highest BCUT2D eigenvalue weighted by molar-refractivity contribution is 5.87. The fourth-order valence-corrected chi connectivity index (χ4v) is 2.40. The Morgan fingerprint density at radius 1 is 1.05 bits per heavy atom. The van der Waals surface area contributed by atoms with Gasteiger partial charge >= 0.3 is 0 Å². The third kappa shape index (κ3) is 2.06. The van der Waals surface area contributed by atoms with Crippen LogP contribution in [0.15, 0.2) is 48.5 Å². The Morgan fingerprint density at radius 2 is 1.84 bits per heavy atom. The molecule has 94 valence electrons. The minimum absolute atomic E-state index is 0.908. The van der Waals surface area contributed by atoms with Crippen molar-refractivity contribution in [2.45, 2.75) is 13.8 Å². The molecule has 1 aromatic heterocycles. The standard InChI is InChI=1S/C17H16N2/c1-3-7-16-18-15-11-10-14(12(2)17(15)19-16)13-8-5-4-6-9-13/h3-11H,1-2H3,(H,18,19). The summed E-state index contributed by atoms with van der Waals surface area (Å²) in [6.45, 7) is 4.13. The van der Waals surface area contributed by atoms with E-state index >= 15 is 0 Å². The van der Waals surface area contributed by atoms with Crippen LogP contribution in [0.2, 0.25) is 0 Å². The maximum Gasteiger partial charge on any atom is 0.130 e. The Balaban J connectivity index is 2.21. The van der Waals surface area contributed by atoms with Crippen molar-refractivity contribution >= 4 is 17.1 Å². The largest absolute Gasteiger partial charge is 0.338 e. The number of fused-ring (bicyclic) bond motifs is 1. The molecule has 0 unspecified atom stereocenters. The van der Waals surface area contributed by atoms with Gasteiger partial charge in [0.1, 0.15) is 5.82 Å². The molecule has 2 aromatic carbocycles. The van der Waals surface area contributed by atoms with E-state index in [-0.39, 0.29) is 0 Å². The fourth-order valence-electron chi connectivity index (χ4n) is 2.40. The maximum atomic E-state index is 4.65. The quantitative estimate of drug-likeness (QED) is 0.707. The van der Waals surface area contributed by atoms with E-state index in [1.807, 2.05) is 25.1 Å². The van der Waals surface area contributed by atoms with E-state index in [0.717, 1.165) is 16.9 Å². The minimum Gasteiger partial charge on any atom is -0.338 e. The van der Waals surface area contributed by atoms with Gasteiger partial charge in [0.05, 0.1) is 11.0 Å². The molecule has 0 aliphatic carbocycles. The first-order valence-electron chi connectivity index (χ1n) is 6.47. The van der Waals surface area contributed by atoms with Crippen molar-refractivity contribution in [1.29, 1.82) is 0 Å². The molecule has 2 nitrogen and oxygen atoms in total. The number of hydrogen-bond donors (Lipinski definition) is 1. The highest BCUT2D eigenvalue weighted by atomic mass is 14.9. The van der Waals surface area contributed by atoms with Gasteiger partial charge in [0.25, 0.3) is 0 Å². The van der Waals surface area contributed by atoms with Crippen LogP contribution >= 0.6 is 0 Å². The van der Waals surface area contributed by atoms with Gasteiger partial charge in [0, 0.05) is 0 Å². The average Bonchev–Trinajstić information content (AvgIpc) is 2.84. The van der Waals surface area contributed by atoms with E-state index in [0.29, 0.717) is 0 Å². The number of allylic oxidation sites excluding steroid dienone is 1. The zero-order valence-electron chi connectivity index (χ0n) is 11.1. The number of nitrogens with zero attached hydrogens (tertiary/aromatic N) is 1. The van der Waals surface area contributed by atoms with Crippen molar-refractivity contribution in [1.82, 2.24) is 9.97 Å². The van der Waals surface area contributed by atoms with E-state index in [9.17, 15) is 0 Å². The number of hydrogen-bond acceptors (Lipinski definition) is 1. The molecule has 3 aromatic rings. The summed E-state index contributed by atoms with van der Waals surface area (Å²) in [4.78, 5) is 7.96. The Hall–Kier alpha value is -2.35. The predicted molar refractivity (Wildman–Crippen MR) is 81.0 cm³/mol. The van der Waals surface area contributed by atoms with Gasteiger partial charge in [-0.3, -0.25) is 0 Å². The lowest BCUT2D eigenvalue weighted by Gasteiger charge is -2.06. The van der Waals surface area contributed by atoms with Crippen molar-refractivity contribution in [2.24, 2.45) is 0 Å². The molecule has 1 heterocycles. The molecule has 0 spiro atoms. The third-order valence-electron chi connectivity index (χ3n) is 3.34. The van der Waals surface area contributed by atoms with Crippen LogP contribution in [0.5, 0.6) is 0 Å². The van der Waals surface area contributed by atoms with Gasteiger partial charge in [-0.1, -0.05) is 42.5 Å². The smallest absolute Gasteiger partial charge is 0.130 e. The molecule has 0 aliphatic rings. The average molecular weight is 248 g/mol. The van der Waals surface area contributed by atoms with E-state index in [2.05, 4.69) is 53.3 Å². The monoisotopic (exact) mass is 248 g/mol. The number of aromatic nitrogens is 2. The summed E-state index contributed by atoms with van der Waals surface area (Å²) in [5, 5.41) is 0. The van der Waals surface area contributed by atoms with Crippen molar-refractivity contribution in [3.05, 3.63) is 59.9 Å². The molecule has 1 N–H and O–H groups in total. The van der Waals surface area contributed by atoms with Crippen LogP contribution in [-0.2, 0) is 0 Å². The maximum absolute atomic E-state index is 4.65. The summed E-state index contributed by atoms with van der Waals surface area (Å²) in [6, 6.07) is 14.7. The van der Waals surface area contributed by atoms with E-state index in [1.165, 1.54) is 16.7 Å². The molecule has 0 amide bonds. The summed E-state index contributed by atoms with van der Waals surface area (Å²) in [6.07, 6.45) is 3.98. The molecule has 2 heteroatoms. The molecule has 0 radical (unpaired) electrons. The van der Waals surface area contributed by atoms with Crippen LogP contribution in [0.1, 0.15) is 18.3 Å². The van der Waals surface area contributed by atoms with E-state index in [1.54, 1.807) is 0 Å². The molecule has 3 rings (SSSR count). The first-order valence-corrected chi connectivity index (χ1v) is 6.47. The summed E-state index contributed by atoms with van der Waals surface area (Å²) in [5.74, 6) is 0.908. The highest BCUT2D eigenvalue weighted by Crippen LogP contribution is 2.28.